The van der Waals surface area contributed by atoms with Gasteiger partial charge < -0.3 is 0 Å². The molecule has 76 valence electrons. The Balaban J connectivity index is 2.67. The summed E-state index contributed by atoms with van der Waals surface area (Å²) in [4.78, 5) is 11.5. The first-order chi connectivity index (χ1) is 6.77. The number of carbonyl (C=O) groups is 1. The van der Waals surface area contributed by atoms with Crippen molar-refractivity contribution >= 4 is 17.5 Å². The van der Waals surface area contributed by atoms with Gasteiger partial charge in [0, 0.05) is 5.56 Å². The van der Waals surface area contributed by atoms with Crippen LogP contribution in [0.4, 0.5) is 0 Å². The molecule has 1 rings (SSSR count). The van der Waals surface area contributed by atoms with E-state index in [9.17, 15) is 4.79 Å². The number of benzene rings is 1. The summed E-state index contributed by atoms with van der Waals surface area (Å²) in [6.07, 6.45) is 4.19. The van der Waals surface area contributed by atoms with Crippen LogP contribution in [0.2, 0.25) is 0 Å². The lowest BCUT2D eigenvalue weighted by molar-refractivity contribution is 0.102. The second kappa shape index (κ2) is 5.86. The molecular weight excluding hydrogens is 192 g/mol. The predicted molar refractivity (Wildman–Crippen MR) is 63.1 cm³/mol. The Morgan fingerprint density at radius 1 is 1.29 bits per heavy atom. The monoisotopic (exact) mass is 208 g/mol. The van der Waals surface area contributed by atoms with Gasteiger partial charge >= 0.3 is 0 Å². The summed E-state index contributed by atoms with van der Waals surface area (Å²) >= 11 is 1.57. The smallest absolute Gasteiger partial charge is 0.172 e. The zero-order chi connectivity index (χ0) is 10.4. The van der Waals surface area contributed by atoms with Crippen LogP contribution < -0.4 is 0 Å². The Morgan fingerprint density at radius 2 is 1.93 bits per heavy atom. The minimum atomic E-state index is 0.223. The highest BCUT2D eigenvalue weighted by Gasteiger charge is 2.03. The highest BCUT2D eigenvalue weighted by Crippen LogP contribution is 2.09. The van der Waals surface area contributed by atoms with Crippen LogP contribution in [0.5, 0.6) is 0 Å². The maximum Gasteiger partial charge on any atom is 0.172 e. The molecule has 0 amide bonds. The lowest BCUT2D eigenvalue weighted by atomic mass is 10.1. The van der Waals surface area contributed by atoms with Crippen LogP contribution in [-0.4, -0.2) is 17.8 Å². The third-order valence-electron chi connectivity index (χ3n) is 2.09. The van der Waals surface area contributed by atoms with Crippen molar-refractivity contribution in [2.75, 3.05) is 12.0 Å². The second-order valence-electron chi connectivity index (χ2n) is 3.30. The SMILES string of the molecule is CCCc1ccc(C(=O)CSC)cc1. The van der Waals surface area contributed by atoms with Gasteiger partial charge in [0.05, 0.1) is 5.75 Å². The fourth-order valence-corrected chi connectivity index (χ4v) is 1.79. The number of Topliss-reactive ketones (excluding diaryl/α,β-unsaturated/α-hetero) is 1. The summed E-state index contributed by atoms with van der Waals surface area (Å²) < 4.78 is 0. The van der Waals surface area contributed by atoms with Crippen LogP contribution in [-0.2, 0) is 6.42 Å². The van der Waals surface area contributed by atoms with E-state index < -0.39 is 0 Å². The van der Waals surface area contributed by atoms with E-state index >= 15 is 0 Å². The minimum absolute atomic E-state index is 0.223. The number of thioether (sulfide) groups is 1. The molecule has 2 heteroatoms. The van der Waals surface area contributed by atoms with Crippen LogP contribution in [0.3, 0.4) is 0 Å². The first kappa shape index (κ1) is 11.3. The van der Waals surface area contributed by atoms with Gasteiger partial charge in [-0.1, -0.05) is 37.6 Å². The first-order valence-electron chi connectivity index (χ1n) is 4.89. The molecule has 0 aliphatic rings. The van der Waals surface area contributed by atoms with Gasteiger partial charge in [-0.25, -0.2) is 0 Å². The molecule has 0 aliphatic heterocycles. The Bertz CT molecular complexity index is 290. The number of carbonyl (C=O) groups excluding carboxylic acids is 1. The van der Waals surface area contributed by atoms with Crippen LogP contribution in [0.25, 0.3) is 0 Å². The third-order valence-corrected chi connectivity index (χ3v) is 2.64. The van der Waals surface area contributed by atoms with Crippen molar-refractivity contribution in [2.45, 2.75) is 19.8 Å². The summed E-state index contributed by atoms with van der Waals surface area (Å²) in [7, 11) is 0. The summed E-state index contributed by atoms with van der Waals surface area (Å²) in [6, 6.07) is 7.97. The Morgan fingerprint density at radius 3 is 2.43 bits per heavy atom. The van der Waals surface area contributed by atoms with Crippen LogP contribution >= 0.6 is 11.8 Å². The number of rotatable bonds is 5. The third kappa shape index (κ3) is 3.18. The zero-order valence-corrected chi connectivity index (χ0v) is 9.56. The normalized spacial score (nSPS) is 10.1. The molecule has 0 N–H and O–H groups in total. The van der Waals surface area contributed by atoms with E-state index in [2.05, 4.69) is 19.1 Å². The molecule has 0 bridgehead atoms. The lowest BCUT2D eigenvalue weighted by Gasteiger charge is -2.01. The van der Waals surface area contributed by atoms with Crippen molar-refractivity contribution in [3.05, 3.63) is 35.4 Å². The van der Waals surface area contributed by atoms with Crippen molar-refractivity contribution in [3.63, 3.8) is 0 Å². The van der Waals surface area contributed by atoms with Gasteiger partial charge in [0.15, 0.2) is 5.78 Å². The van der Waals surface area contributed by atoms with Crippen LogP contribution in [0.1, 0.15) is 29.3 Å². The Kier molecular flexibility index (Phi) is 4.74. The highest BCUT2D eigenvalue weighted by atomic mass is 32.2. The molecule has 0 atom stereocenters. The number of ketones is 1. The van der Waals surface area contributed by atoms with Gasteiger partial charge in [0.1, 0.15) is 0 Å². The van der Waals surface area contributed by atoms with Gasteiger partial charge in [-0.3, -0.25) is 4.79 Å². The number of hydrogen-bond acceptors (Lipinski definition) is 2. The van der Waals surface area contributed by atoms with Gasteiger partial charge in [-0.2, -0.15) is 11.8 Å². The molecule has 0 radical (unpaired) electrons. The lowest BCUT2D eigenvalue weighted by Crippen LogP contribution is -2.01. The van der Waals surface area contributed by atoms with Crippen molar-refractivity contribution in [1.82, 2.24) is 0 Å². The fraction of sp³-hybridized carbons (Fsp3) is 0.417. The van der Waals surface area contributed by atoms with E-state index in [1.165, 1.54) is 5.56 Å². The fourth-order valence-electron chi connectivity index (χ4n) is 1.36. The van der Waals surface area contributed by atoms with Gasteiger partial charge in [0.25, 0.3) is 0 Å². The average Bonchev–Trinajstić information content (AvgIpc) is 2.20. The largest absolute Gasteiger partial charge is 0.293 e. The maximum atomic E-state index is 11.5. The molecule has 0 aromatic heterocycles. The van der Waals surface area contributed by atoms with E-state index in [4.69, 9.17) is 0 Å². The number of hydrogen-bond donors (Lipinski definition) is 0. The van der Waals surface area contributed by atoms with Crippen LogP contribution in [0, 0.1) is 0 Å². The maximum absolute atomic E-state index is 11.5. The van der Waals surface area contributed by atoms with E-state index in [0.717, 1.165) is 18.4 Å². The molecule has 0 spiro atoms. The molecular formula is C12H16OS. The van der Waals surface area contributed by atoms with E-state index in [1.54, 1.807) is 11.8 Å². The van der Waals surface area contributed by atoms with Gasteiger partial charge in [-0.05, 0) is 18.2 Å². The first-order valence-corrected chi connectivity index (χ1v) is 6.28. The van der Waals surface area contributed by atoms with Crippen molar-refractivity contribution in [1.29, 1.82) is 0 Å². The summed E-state index contributed by atoms with van der Waals surface area (Å²) in [5.74, 6) is 0.799. The second-order valence-corrected chi connectivity index (χ2v) is 4.17. The standard InChI is InChI=1S/C12H16OS/c1-3-4-10-5-7-11(8-6-10)12(13)9-14-2/h5-8H,3-4,9H2,1-2H3. The van der Waals surface area contributed by atoms with Crippen molar-refractivity contribution < 1.29 is 4.79 Å². The van der Waals surface area contributed by atoms with E-state index in [0.29, 0.717) is 5.75 Å². The van der Waals surface area contributed by atoms with Crippen LogP contribution in [0.15, 0.2) is 24.3 Å². The zero-order valence-electron chi connectivity index (χ0n) is 8.75. The summed E-state index contributed by atoms with van der Waals surface area (Å²) in [5.41, 5.74) is 2.15. The molecule has 1 aromatic carbocycles. The molecule has 0 fully saturated rings. The Hall–Kier alpha value is -0.760. The minimum Gasteiger partial charge on any atom is -0.293 e. The molecule has 0 aliphatic carbocycles. The van der Waals surface area contributed by atoms with E-state index in [-0.39, 0.29) is 5.78 Å². The predicted octanol–water partition coefficient (Wildman–Crippen LogP) is 3.18. The topological polar surface area (TPSA) is 17.1 Å². The Labute approximate surface area is 89.9 Å². The molecule has 1 nitrogen and oxygen atoms in total. The van der Waals surface area contributed by atoms with Gasteiger partial charge in [-0.15, -0.1) is 0 Å². The highest BCUT2D eigenvalue weighted by molar-refractivity contribution is 7.99. The molecule has 0 saturated heterocycles. The summed E-state index contributed by atoms with van der Waals surface area (Å²) in [6.45, 7) is 2.16. The van der Waals surface area contributed by atoms with E-state index in [1.807, 2.05) is 18.4 Å². The summed E-state index contributed by atoms with van der Waals surface area (Å²) in [5, 5.41) is 0. The molecule has 0 heterocycles. The molecule has 0 unspecified atom stereocenters. The van der Waals surface area contributed by atoms with Crippen molar-refractivity contribution in [3.8, 4) is 0 Å². The molecule has 14 heavy (non-hydrogen) atoms. The number of aryl methyl sites for hydroxylation is 1. The van der Waals surface area contributed by atoms with Gasteiger partial charge in [0.2, 0.25) is 0 Å². The average molecular weight is 208 g/mol. The molecule has 0 saturated carbocycles. The van der Waals surface area contributed by atoms with Crippen molar-refractivity contribution in [2.24, 2.45) is 0 Å². The quantitative estimate of drug-likeness (QED) is 0.691. The molecule has 1 aromatic rings.